The molecule has 0 spiro atoms. The van der Waals surface area contributed by atoms with Crippen LogP contribution in [0.15, 0.2) is 29.0 Å². The van der Waals surface area contributed by atoms with Gasteiger partial charge in [-0.05, 0) is 12.5 Å². The van der Waals surface area contributed by atoms with Gasteiger partial charge in [0.2, 0.25) is 0 Å². The molecule has 1 aliphatic rings. The molecule has 0 unspecified atom stereocenters. The van der Waals surface area contributed by atoms with Crippen molar-refractivity contribution in [3.8, 4) is 0 Å². The van der Waals surface area contributed by atoms with Gasteiger partial charge in [-0.3, -0.25) is 4.98 Å². The Morgan fingerprint density at radius 3 is 3.07 bits per heavy atom. The Hall–Kier alpha value is -1.03. The Bertz CT molecular complexity index is 362. The molecule has 0 saturated heterocycles. The van der Waals surface area contributed by atoms with Crippen LogP contribution < -0.4 is 10.6 Å². The molecule has 74 valence electrons. The van der Waals surface area contributed by atoms with Gasteiger partial charge in [-0.1, -0.05) is 22.0 Å². The van der Waals surface area contributed by atoms with E-state index in [0.29, 0.717) is 0 Å². The molecule has 1 aromatic heterocycles. The molecule has 4 heteroatoms. The highest BCUT2D eigenvalue weighted by Gasteiger charge is 2.13. The van der Waals surface area contributed by atoms with E-state index in [1.54, 1.807) is 12.4 Å². The summed E-state index contributed by atoms with van der Waals surface area (Å²) in [4.78, 5) is 6.23. The highest BCUT2D eigenvalue weighted by Crippen LogP contribution is 2.26. The van der Waals surface area contributed by atoms with Gasteiger partial charge in [-0.2, -0.15) is 0 Å². The van der Waals surface area contributed by atoms with Gasteiger partial charge in [0, 0.05) is 23.8 Å². The lowest BCUT2D eigenvalue weighted by Crippen LogP contribution is -2.29. The van der Waals surface area contributed by atoms with Crippen LogP contribution in [0.5, 0.6) is 0 Å². The topological polar surface area (TPSA) is 42.1 Å². The second-order valence-electron chi connectivity index (χ2n) is 3.30. The molecule has 0 atom stereocenters. The number of nitrogens with two attached hydrogens (primary N) is 1. The minimum atomic E-state index is 0.745. The number of halogens is 1. The predicted octanol–water partition coefficient (Wildman–Crippen LogP) is 2.15. The van der Waals surface area contributed by atoms with E-state index in [0.717, 1.165) is 30.9 Å². The maximum absolute atomic E-state index is 5.86. The zero-order valence-corrected chi connectivity index (χ0v) is 9.37. The summed E-state index contributed by atoms with van der Waals surface area (Å²) >= 11 is 3.51. The molecule has 1 aliphatic heterocycles. The second kappa shape index (κ2) is 4.00. The van der Waals surface area contributed by atoms with Crippen molar-refractivity contribution < 1.29 is 0 Å². The molecule has 2 rings (SSSR count). The number of aromatic nitrogens is 1. The molecule has 0 aliphatic carbocycles. The van der Waals surface area contributed by atoms with Crippen LogP contribution in [0.1, 0.15) is 6.42 Å². The molecular formula is C10H12BrN3. The first-order valence-corrected chi connectivity index (χ1v) is 5.35. The van der Waals surface area contributed by atoms with Crippen molar-refractivity contribution in [1.82, 2.24) is 4.98 Å². The van der Waals surface area contributed by atoms with Crippen LogP contribution in [-0.2, 0) is 0 Å². The molecule has 14 heavy (non-hydrogen) atoms. The lowest BCUT2D eigenvalue weighted by molar-refractivity contribution is 0.816. The van der Waals surface area contributed by atoms with Crippen molar-refractivity contribution in [3.63, 3.8) is 0 Å². The molecular weight excluding hydrogens is 242 g/mol. The molecule has 0 saturated carbocycles. The van der Waals surface area contributed by atoms with Gasteiger partial charge < -0.3 is 10.6 Å². The minimum absolute atomic E-state index is 0.745. The van der Waals surface area contributed by atoms with E-state index in [9.17, 15) is 0 Å². The van der Waals surface area contributed by atoms with Crippen molar-refractivity contribution in [2.24, 2.45) is 0 Å². The first-order chi connectivity index (χ1) is 6.77. The van der Waals surface area contributed by atoms with E-state index in [1.165, 1.54) is 4.48 Å². The number of pyridine rings is 1. The van der Waals surface area contributed by atoms with Gasteiger partial charge in [0.25, 0.3) is 0 Å². The molecule has 0 bridgehead atoms. The van der Waals surface area contributed by atoms with E-state index >= 15 is 0 Å². The van der Waals surface area contributed by atoms with Gasteiger partial charge in [-0.25, -0.2) is 0 Å². The molecule has 0 amide bonds. The fourth-order valence-corrected chi connectivity index (χ4v) is 2.13. The Kier molecular flexibility index (Phi) is 2.72. The van der Waals surface area contributed by atoms with Crippen molar-refractivity contribution in [1.29, 1.82) is 0 Å². The summed E-state index contributed by atoms with van der Waals surface area (Å²) in [5.74, 6) is 0. The van der Waals surface area contributed by atoms with Gasteiger partial charge in [0.05, 0.1) is 17.6 Å². The summed E-state index contributed by atoms with van der Waals surface area (Å²) in [7, 11) is 0. The predicted molar refractivity (Wildman–Crippen MR) is 62.5 cm³/mol. The van der Waals surface area contributed by atoms with E-state index in [2.05, 4.69) is 31.9 Å². The van der Waals surface area contributed by atoms with Crippen molar-refractivity contribution >= 4 is 27.3 Å². The van der Waals surface area contributed by atoms with Crippen LogP contribution in [0.2, 0.25) is 0 Å². The molecule has 0 fully saturated rings. The zero-order chi connectivity index (χ0) is 9.97. The number of hydrogen-bond acceptors (Lipinski definition) is 3. The smallest absolute Gasteiger partial charge is 0.0738 e. The lowest BCUT2D eigenvalue weighted by atomic mass is 10.2. The van der Waals surface area contributed by atoms with Crippen LogP contribution in [0.4, 0.5) is 11.4 Å². The monoisotopic (exact) mass is 253 g/mol. The Balaban J connectivity index is 2.24. The molecule has 1 aromatic rings. The molecule has 0 radical (unpaired) electrons. The maximum Gasteiger partial charge on any atom is 0.0738 e. The van der Waals surface area contributed by atoms with Crippen molar-refractivity contribution in [2.75, 3.05) is 23.7 Å². The Morgan fingerprint density at radius 2 is 2.36 bits per heavy atom. The molecule has 2 heterocycles. The van der Waals surface area contributed by atoms with E-state index in [-0.39, 0.29) is 0 Å². The standard InChI is InChI=1S/C10H12BrN3/c11-8-2-1-5-14(7-8)10-3-4-13-6-9(10)12/h2-4,6H,1,5,7,12H2. The quantitative estimate of drug-likeness (QED) is 0.834. The average molecular weight is 254 g/mol. The van der Waals surface area contributed by atoms with Gasteiger partial charge >= 0.3 is 0 Å². The van der Waals surface area contributed by atoms with Crippen molar-refractivity contribution in [3.05, 3.63) is 29.0 Å². The minimum Gasteiger partial charge on any atom is -0.396 e. The van der Waals surface area contributed by atoms with Crippen LogP contribution >= 0.6 is 15.9 Å². The SMILES string of the molecule is Nc1cnccc1N1CCC=C(Br)C1. The van der Waals surface area contributed by atoms with E-state index in [1.807, 2.05) is 6.07 Å². The second-order valence-corrected chi connectivity index (χ2v) is 4.31. The summed E-state index contributed by atoms with van der Waals surface area (Å²) in [6.07, 6.45) is 6.73. The number of rotatable bonds is 1. The van der Waals surface area contributed by atoms with E-state index < -0.39 is 0 Å². The molecule has 2 N–H and O–H groups in total. The normalized spacial score (nSPS) is 16.6. The number of nitrogens with zero attached hydrogens (tertiary/aromatic N) is 2. The summed E-state index contributed by atoms with van der Waals surface area (Å²) in [5.41, 5.74) is 7.68. The third-order valence-electron chi connectivity index (χ3n) is 2.28. The molecule has 0 aromatic carbocycles. The van der Waals surface area contributed by atoms with Gasteiger partial charge in [0.15, 0.2) is 0 Å². The van der Waals surface area contributed by atoms with E-state index in [4.69, 9.17) is 5.73 Å². The lowest BCUT2D eigenvalue weighted by Gasteiger charge is -2.28. The summed E-state index contributed by atoms with van der Waals surface area (Å²) in [6.45, 7) is 1.91. The largest absolute Gasteiger partial charge is 0.396 e. The van der Waals surface area contributed by atoms with Gasteiger partial charge in [-0.15, -0.1) is 0 Å². The number of hydrogen-bond donors (Lipinski definition) is 1. The van der Waals surface area contributed by atoms with Gasteiger partial charge in [0.1, 0.15) is 0 Å². The number of nitrogen functional groups attached to an aromatic ring is 1. The summed E-state index contributed by atoms with van der Waals surface area (Å²) in [5, 5.41) is 0. The zero-order valence-electron chi connectivity index (χ0n) is 7.78. The van der Waals surface area contributed by atoms with Crippen LogP contribution in [0, 0.1) is 0 Å². The highest BCUT2D eigenvalue weighted by molar-refractivity contribution is 9.11. The Morgan fingerprint density at radius 1 is 1.50 bits per heavy atom. The first kappa shape index (κ1) is 9.52. The molecule has 3 nitrogen and oxygen atoms in total. The first-order valence-electron chi connectivity index (χ1n) is 4.56. The third-order valence-corrected chi connectivity index (χ3v) is 2.85. The van der Waals surface area contributed by atoms with Crippen molar-refractivity contribution in [2.45, 2.75) is 6.42 Å². The number of anilines is 2. The van der Waals surface area contributed by atoms with Crippen LogP contribution in [-0.4, -0.2) is 18.1 Å². The van der Waals surface area contributed by atoms with Crippen LogP contribution in [0.3, 0.4) is 0 Å². The van der Waals surface area contributed by atoms with Crippen LogP contribution in [0.25, 0.3) is 0 Å². The third kappa shape index (κ3) is 1.90. The average Bonchev–Trinajstić information content (AvgIpc) is 2.18. The summed E-state index contributed by atoms with van der Waals surface area (Å²) < 4.78 is 1.22. The summed E-state index contributed by atoms with van der Waals surface area (Å²) in [6, 6.07) is 1.96. The highest BCUT2D eigenvalue weighted by atomic mass is 79.9. The maximum atomic E-state index is 5.86. The fraction of sp³-hybridized carbons (Fsp3) is 0.300. The fourth-order valence-electron chi connectivity index (χ4n) is 1.60. The Labute approximate surface area is 91.7 Å².